The maximum atomic E-state index is 12.7. The first-order valence-electron chi connectivity index (χ1n) is 9.40. The lowest BCUT2D eigenvalue weighted by atomic mass is 10.3. The van der Waals surface area contributed by atoms with Crippen molar-refractivity contribution in [3.05, 3.63) is 48.3 Å². The minimum Gasteiger partial charge on any atom is -0.451 e. The Kier molecular flexibility index (Phi) is 6.54. The number of sulfonamides is 1. The van der Waals surface area contributed by atoms with Crippen molar-refractivity contribution < 1.29 is 22.7 Å². The van der Waals surface area contributed by atoms with Gasteiger partial charge in [-0.2, -0.15) is 9.57 Å². The van der Waals surface area contributed by atoms with Gasteiger partial charge in [0.2, 0.25) is 10.0 Å². The number of aryl methyl sites for hydroxylation is 1. The molecule has 0 N–H and O–H groups in total. The van der Waals surface area contributed by atoms with Crippen LogP contribution in [0.15, 0.2) is 47.5 Å². The number of ether oxygens (including phenoxy) is 1. The summed E-state index contributed by atoms with van der Waals surface area (Å²) >= 11 is 0. The summed E-state index contributed by atoms with van der Waals surface area (Å²) in [6, 6.07) is 11.7. The van der Waals surface area contributed by atoms with Gasteiger partial charge in [0.1, 0.15) is 17.1 Å². The SMILES string of the molecule is Cn1cc(S(=O)(=O)N2CCCC2)cc1C(=O)OCC(=O)N(CC#N)c1ccccc1. The largest absolute Gasteiger partial charge is 0.451 e. The Morgan fingerprint density at radius 2 is 1.87 bits per heavy atom. The van der Waals surface area contributed by atoms with Crippen molar-refractivity contribution >= 4 is 27.6 Å². The maximum absolute atomic E-state index is 12.7. The van der Waals surface area contributed by atoms with Gasteiger partial charge < -0.3 is 9.30 Å². The fourth-order valence-electron chi connectivity index (χ4n) is 3.24. The second-order valence-electron chi connectivity index (χ2n) is 6.83. The predicted octanol–water partition coefficient (Wildman–Crippen LogP) is 1.52. The number of carbonyl (C=O) groups is 2. The molecule has 0 spiro atoms. The first-order valence-corrected chi connectivity index (χ1v) is 10.8. The highest BCUT2D eigenvalue weighted by Crippen LogP contribution is 2.23. The number of hydrogen-bond acceptors (Lipinski definition) is 6. The monoisotopic (exact) mass is 430 g/mol. The van der Waals surface area contributed by atoms with Crippen molar-refractivity contribution in [3.63, 3.8) is 0 Å². The highest BCUT2D eigenvalue weighted by molar-refractivity contribution is 7.89. The average Bonchev–Trinajstić information content (AvgIpc) is 3.41. The van der Waals surface area contributed by atoms with E-state index in [-0.39, 0.29) is 17.1 Å². The summed E-state index contributed by atoms with van der Waals surface area (Å²) in [4.78, 5) is 26.2. The fraction of sp³-hybridized carbons (Fsp3) is 0.350. The minimum atomic E-state index is -3.67. The Morgan fingerprint density at radius 1 is 1.20 bits per heavy atom. The lowest BCUT2D eigenvalue weighted by Gasteiger charge is -2.19. The lowest BCUT2D eigenvalue weighted by molar-refractivity contribution is -0.121. The van der Waals surface area contributed by atoms with Gasteiger partial charge in [0.15, 0.2) is 6.61 Å². The van der Waals surface area contributed by atoms with Gasteiger partial charge in [0.05, 0.1) is 6.07 Å². The molecule has 10 heteroatoms. The van der Waals surface area contributed by atoms with E-state index < -0.39 is 28.5 Å². The van der Waals surface area contributed by atoms with Crippen molar-refractivity contribution in [3.8, 4) is 6.07 Å². The van der Waals surface area contributed by atoms with Crippen LogP contribution in [0.5, 0.6) is 0 Å². The van der Waals surface area contributed by atoms with Crippen LogP contribution in [0.25, 0.3) is 0 Å². The van der Waals surface area contributed by atoms with Crippen LogP contribution in [0.4, 0.5) is 5.69 Å². The van der Waals surface area contributed by atoms with Crippen LogP contribution in [-0.2, 0) is 26.6 Å². The standard InChI is InChI=1S/C20H22N4O5S/c1-22-14-17(30(27,28)23-10-5-6-11-23)13-18(22)20(26)29-15-19(25)24(12-9-21)16-7-3-2-4-8-16/h2-4,7-8,13-14H,5-6,10-12,15H2,1H3. The number of hydrogen-bond donors (Lipinski definition) is 0. The minimum absolute atomic E-state index is 0.0144. The van der Waals surface area contributed by atoms with Gasteiger partial charge >= 0.3 is 5.97 Å². The number of nitrogens with zero attached hydrogens (tertiary/aromatic N) is 4. The number of anilines is 1. The number of para-hydroxylation sites is 1. The van der Waals surface area contributed by atoms with Gasteiger partial charge in [-0.3, -0.25) is 9.69 Å². The molecule has 9 nitrogen and oxygen atoms in total. The third kappa shape index (κ3) is 4.53. The predicted molar refractivity (Wildman–Crippen MR) is 108 cm³/mol. The quantitative estimate of drug-likeness (QED) is 0.486. The molecule has 30 heavy (non-hydrogen) atoms. The number of aromatic nitrogens is 1. The van der Waals surface area contributed by atoms with Crippen LogP contribution in [-0.4, -0.2) is 55.4 Å². The molecule has 1 aromatic carbocycles. The van der Waals surface area contributed by atoms with Crippen molar-refractivity contribution in [2.75, 3.05) is 31.1 Å². The van der Waals surface area contributed by atoms with Crippen molar-refractivity contribution in [1.29, 1.82) is 5.26 Å². The summed E-state index contributed by atoms with van der Waals surface area (Å²) in [6.07, 6.45) is 2.98. The number of rotatable bonds is 7. The molecular weight excluding hydrogens is 408 g/mol. The van der Waals surface area contributed by atoms with E-state index in [9.17, 15) is 18.0 Å². The first-order chi connectivity index (χ1) is 14.3. The number of amides is 1. The molecule has 0 unspecified atom stereocenters. The van der Waals surface area contributed by atoms with Crippen LogP contribution in [0.2, 0.25) is 0 Å². The molecule has 1 aromatic heterocycles. The average molecular weight is 430 g/mol. The van der Waals surface area contributed by atoms with Crippen LogP contribution in [0, 0.1) is 11.3 Å². The van der Waals surface area contributed by atoms with Crippen molar-refractivity contribution in [2.45, 2.75) is 17.7 Å². The molecule has 0 saturated carbocycles. The summed E-state index contributed by atoms with van der Waals surface area (Å²) < 4.78 is 33.2. The summed E-state index contributed by atoms with van der Waals surface area (Å²) in [7, 11) is -2.13. The molecule has 1 aliphatic rings. The van der Waals surface area contributed by atoms with Gasteiger partial charge in [-0.05, 0) is 31.0 Å². The van der Waals surface area contributed by atoms with E-state index in [1.165, 1.54) is 33.1 Å². The van der Waals surface area contributed by atoms with E-state index in [0.717, 1.165) is 12.8 Å². The smallest absolute Gasteiger partial charge is 0.355 e. The topological polar surface area (TPSA) is 113 Å². The second kappa shape index (κ2) is 9.11. The van der Waals surface area contributed by atoms with Gasteiger partial charge in [-0.25, -0.2) is 13.2 Å². The summed E-state index contributed by atoms with van der Waals surface area (Å²) in [5.74, 6) is -1.38. The molecule has 0 bridgehead atoms. The van der Waals surface area contributed by atoms with Gasteiger partial charge in [-0.1, -0.05) is 18.2 Å². The fourth-order valence-corrected chi connectivity index (χ4v) is 4.83. The number of nitriles is 1. The number of carbonyl (C=O) groups excluding carboxylic acids is 2. The van der Waals surface area contributed by atoms with Gasteiger partial charge in [-0.15, -0.1) is 0 Å². The van der Waals surface area contributed by atoms with E-state index >= 15 is 0 Å². The molecule has 1 amide bonds. The molecule has 2 heterocycles. The summed E-state index contributed by atoms with van der Waals surface area (Å²) in [5.41, 5.74) is 0.532. The maximum Gasteiger partial charge on any atom is 0.355 e. The van der Waals surface area contributed by atoms with Crippen molar-refractivity contribution in [2.24, 2.45) is 7.05 Å². The van der Waals surface area contributed by atoms with E-state index in [1.54, 1.807) is 30.3 Å². The molecular formula is C20H22N4O5S. The van der Waals surface area contributed by atoms with Gasteiger partial charge in [0.25, 0.3) is 5.91 Å². The molecule has 0 atom stereocenters. The molecule has 2 aromatic rings. The van der Waals surface area contributed by atoms with E-state index in [1.807, 2.05) is 6.07 Å². The molecule has 1 fully saturated rings. The van der Waals surface area contributed by atoms with E-state index in [0.29, 0.717) is 18.8 Å². The number of benzene rings is 1. The third-order valence-electron chi connectivity index (χ3n) is 4.82. The van der Waals surface area contributed by atoms with Crippen LogP contribution < -0.4 is 4.90 Å². The zero-order valence-electron chi connectivity index (χ0n) is 16.5. The van der Waals surface area contributed by atoms with E-state index in [2.05, 4.69) is 0 Å². The molecule has 0 radical (unpaired) electrons. The summed E-state index contributed by atoms with van der Waals surface area (Å²) in [5, 5.41) is 8.99. The van der Waals surface area contributed by atoms with Crippen LogP contribution >= 0.6 is 0 Å². The molecule has 3 rings (SSSR count). The Morgan fingerprint density at radius 3 is 2.50 bits per heavy atom. The third-order valence-corrected chi connectivity index (χ3v) is 6.68. The molecule has 0 aliphatic carbocycles. The second-order valence-corrected chi connectivity index (χ2v) is 8.77. The molecule has 1 aliphatic heterocycles. The zero-order valence-corrected chi connectivity index (χ0v) is 17.3. The van der Waals surface area contributed by atoms with Crippen LogP contribution in [0.3, 0.4) is 0 Å². The Hall–Kier alpha value is -3.16. The first kappa shape index (κ1) is 21.5. The number of esters is 1. The molecule has 158 valence electrons. The highest BCUT2D eigenvalue weighted by atomic mass is 32.2. The Bertz CT molecular complexity index is 1070. The van der Waals surface area contributed by atoms with Crippen molar-refractivity contribution in [1.82, 2.24) is 8.87 Å². The normalized spacial score (nSPS) is 14.3. The highest BCUT2D eigenvalue weighted by Gasteiger charge is 2.30. The van der Waals surface area contributed by atoms with E-state index in [4.69, 9.17) is 10.00 Å². The van der Waals surface area contributed by atoms with Crippen LogP contribution in [0.1, 0.15) is 23.3 Å². The Balaban J connectivity index is 1.70. The zero-order chi connectivity index (χ0) is 21.7. The lowest BCUT2D eigenvalue weighted by Crippen LogP contribution is -2.35. The Labute approximate surface area is 175 Å². The van der Waals surface area contributed by atoms with Gasteiger partial charge in [0, 0.05) is 32.0 Å². The molecule has 1 saturated heterocycles. The summed E-state index contributed by atoms with van der Waals surface area (Å²) in [6.45, 7) is 0.150.